The van der Waals surface area contributed by atoms with Crippen molar-refractivity contribution in [2.45, 2.75) is 46.5 Å². The lowest BCUT2D eigenvalue weighted by Gasteiger charge is -2.30. The van der Waals surface area contributed by atoms with Crippen molar-refractivity contribution in [3.05, 3.63) is 24.2 Å². The maximum atomic E-state index is 11.9. The Bertz CT molecular complexity index is 349. The van der Waals surface area contributed by atoms with E-state index in [1.165, 1.54) is 0 Å². The van der Waals surface area contributed by atoms with Gasteiger partial charge in [-0.05, 0) is 42.9 Å². The first-order chi connectivity index (χ1) is 8.43. The molecule has 1 aromatic heterocycles. The molecule has 0 aliphatic rings. The highest BCUT2D eigenvalue weighted by molar-refractivity contribution is 5.80. The Hall–Kier alpha value is -1.09. The monoisotopic (exact) mass is 251 g/mol. The molecule has 102 valence electrons. The molecule has 0 saturated heterocycles. The van der Waals surface area contributed by atoms with Crippen molar-refractivity contribution < 1.29 is 9.21 Å². The first kappa shape index (κ1) is 15.0. The van der Waals surface area contributed by atoms with Gasteiger partial charge >= 0.3 is 0 Å². The molecular weight excluding hydrogens is 226 g/mol. The molecule has 0 fully saturated rings. The van der Waals surface area contributed by atoms with E-state index in [0.717, 1.165) is 18.6 Å². The number of carbonyl (C=O) groups excluding carboxylic acids is 1. The Morgan fingerprint density at radius 1 is 1.39 bits per heavy atom. The summed E-state index contributed by atoms with van der Waals surface area (Å²) >= 11 is 0. The molecule has 0 saturated carbocycles. The van der Waals surface area contributed by atoms with Crippen LogP contribution < -0.4 is 5.73 Å². The lowest BCUT2D eigenvalue weighted by atomic mass is 9.76. The maximum Gasteiger partial charge on any atom is 0.140 e. The normalized spacial score (nSPS) is 13.6. The molecule has 1 unspecified atom stereocenters. The predicted molar refractivity (Wildman–Crippen MR) is 73.3 cm³/mol. The summed E-state index contributed by atoms with van der Waals surface area (Å²) in [6.07, 6.45) is 4.53. The van der Waals surface area contributed by atoms with E-state index in [1.807, 2.05) is 12.1 Å². The van der Waals surface area contributed by atoms with Crippen LogP contribution in [0.15, 0.2) is 22.8 Å². The van der Waals surface area contributed by atoms with Crippen LogP contribution in [-0.4, -0.2) is 12.3 Å². The van der Waals surface area contributed by atoms with Gasteiger partial charge in [-0.15, -0.1) is 0 Å². The topological polar surface area (TPSA) is 56.2 Å². The van der Waals surface area contributed by atoms with E-state index in [4.69, 9.17) is 10.2 Å². The minimum atomic E-state index is 0.213. The van der Waals surface area contributed by atoms with E-state index >= 15 is 0 Å². The van der Waals surface area contributed by atoms with Gasteiger partial charge < -0.3 is 10.2 Å². The molecule has 0 radical (unpaired) electrons. The number of rotatable bonds is 7. The van der Waals surface area contributed by atoms with Crippen molar-refractivity contribution in [2.24, 2.45) is 17.1 Å². The average molecular weight is 251 g/mol. The van der Waals surface area contributed by atoms with Crippen LogP contribution in [0.5, 0.6) is 0 Å². The fourth-order valence-electron chi connectivity index (χ4n) is 2.24. The molecule has 3 nitrogen and oxygen atoms in total. The van der Waals surface area contributed by atoms with Crippen LogP contribution in [0.2, 0.25) is 0 Å². The van der Waals surface area contributed by atoms with Crippen molar-refractivity contribution in [3.8, 4) is 0 Å². The lowest BCUT2D eigenvalue weighted by molar-refractivity contribution is -0.119. The highest BCUT2D eigenvalue weighted by Crippen LogP contribution is 2.32. The molecule has 1 atom stereocenters. The summed E-state index contributed by atoms with van der Waals surface area (Å²) in [5.41, 5.74) is 5.85. The Kier molecular flexibility index (Phi) is 5.60. The largest absolute Gasteiger partial charge is 0.469 e. The first-order valence-corrected chi connectivity index (χ1v) is 6.67. The van der Waals surface area contributed by atoms with E-state index in [2.05, 4.69) is 20.8 Å². The van der Waals surface area contributed by atoms with Crippen LogP contribution in [0.1, 0.15) is 45.8 Å². The second-order valence-corrected chi connectivity index (χ2v) is 5.97. The maximum absolute atomic E-state index is 11.9. The van der Waals surface area contributed by atoms with Gasteiger partial charge in [-0.1, -0.05) is 20.8 Å². The standard InChI is InChI=1S/C15H25NO2/c1-15(2,3)12(8-9-16)6-7-13(17)11-14-5-4-10-18-14/h4-5,10,12H,6-9,11,16H2,1-3H3. The van der Waals surface area contributed by atoms with Gasteiger partial charge in [0.1, 0.15) is 11.5 Å². The second kappa shape index (κ2) is 6.74. The lowest BCUT2D eigenvalue weighted by Crippen LogP contribution is -2.24. The molecule has 3 heteroatoms. The van der Waals surface area contributed by atoms with Crippen molar-refractivity contribution in [1.29, 1.82) is 0 Å². The number of Topliss-reactive ketones (excluding diaryl/α,β-unsaturated/α-hetero) is 1. The summed E-state index contributed by atoms with van der Waals surface area (Å²) in [4.78, 5) is 11.9. The zero-order chi connectivity index (χ0) is 13.6. The van der Waals surface area contributed by atoms with Crippen LogP contribution in [0.3, 0.4) is 0 Å². The van der Waals surface area contributed by atoms with Gasteiger partial charge in [0.25, 0.3) is 0 Å². The minimum Gasteiger partial charge on any atom is -0.469 e. The summed E-state index contributed by atoms with van der Waals surface area (Å²) in [6, 6.07) is 3.66. The van der Waals surface area contributed by atoms with Crippen molar-refractivity contribution in [3.63, 3.8) is 0 Å². The van der Waals surface area contributed by atoms with Crippen LogP contribution in [0, 0.1) is 11.3 Å². The predicted octanol–water partition coefficient (Wildman–Crippen LogP) is 3.18. The van der Waals surface area contributed by atoms with Crippen LogP contribution in [-0.2, 0) is 11.2 Å². The number of hydrogen-bond acceptors (Lipinski definition) is 3. The average Bonchev–Trinajstić information content (AvgIpc) is 2.75. The smallest absolute Gasteiger partial charge is 0.140 e. The fraction of sp³-hybridized carbons (Fsp3) is 0.667. The molecule has 0 aromatic carbocycles. The highest BCUT2D eigenvalue weighted by Gasteiger charge is 2.24. The highest BCUT2D eigenvalue weighted by atomic mass is 16.3. The third-order valence-corrected chi connectivity index (χ3v) is 3.46. The van der Waals surface area contributed by atoms with Gasteiger partial charge in [-0.3, -0.25) is 4.79 Å². The zero-order valence-electron chi connectivity index (χ0n) is 11.7. The van der Waals surface area contributed by atoms with Crippen molar-refractivity contribution in [2.75, 3.05) is 6.54 Å². The summed E-state index contributed by atoms with van der Waals surface area (Å²) in [6.45, 7) is 7.33. The number of furan rings is 1. The molecule has 2 N–H and O–H groups in total. The summed E-state index contributed by atoms with van der Waals surface area (Å²) in [7, 11) is 0. The van der Waals surface area contributed by atoms with Crippen molar-refractivity contribution in [1.82, 2.24) is 0 Å². The summed E-state index contributed by atoms with van der Waals surface area (Å²) < 4.78 is 5.18. The van der Waals surface area contributed by atoms with Gasteiger partial charge in [-0.25, -0.2) is 0 Å². The summed E-state index contributed by atoms with van der Waals surface area (Å²) in [5, 5.41) is 0. The van der Waals surface area contributed by atoms with E-state index in [1.54, 1.807) is 6.26 Å². The Balaban J connectivity index is 2.40. The van der Waals surface area contributed by atoms with E-state index in [-0.39, 0.29) is 11.2 Å². The van der Waals surface area contributed by atoms with Gasteiger partial charge in [0.15, 0.2) is 0 Å². The number of hydrogen-bond donors (Lipinski definition) is 1. The number of ketones is 1. The molecule has 18 heavy (non-hydrogen) atoms. The Morgan fingerprint density at radius 3 is 2.61 bits per heavy atom. The zero-order valence-corrected chi connectivity index (χ0v) is 11.7. The van der Waals surface area contributed by atoms with Crippen LogP contribution >= 0.6 is 0 Å². The van der Waals surface area contributed by atoms with Crippen LogP contribution in [0.4, 0.5) is 0 Å². The quantitative estimate of drug-likeness (QED) is 0.809. The SMILES string of the molecule is CC(C)(C)C(CCN)CCC(=O)Cc1ccco1. The Labute approximate surface area is 110 Å². The third kappa shape index (κ3) is 5.05. The fourth-order valence-corrected chi connectivity index (χ4v) is 2.24. The molecule has 0 aliphatic heterocycles. The second-order valence-electron chi connectivity index (χ2n) is 5.97. The molecule has 1 rings (SSSR count). The number of nitrogens with two attached hydrogens (primary N) is 1. The molecule has 1 heterocycles. The third-order valence-electron chi connectivity index (χ3n) is 3.46. The van der Waals surface area contributed by atoms with Gasteiger partial charge in [-0.2, -0.15) is 0 Å². The molecule has 0 spiro atoms. The van der Waals surface area contributed by atoms with E-state index in [0.29, 0.717) is 25.3 Å². The summed E-state index contributed by atoms with van der Waals surface area (Å²) in [5.74, 6) is 1.51. The van der Waals surface area contributed by atoms with Crippen molar-refractivity contribution >= 4 is 5.78 Å². The first-order valence-electron chi connectivity index (χ1n) is 6.67. The molecule has 0 aliphatic carbocycles. The molecule has 1 aromatic rings. The van der Waals surface area contributed by atoms with Gasteiger partial charge in [0.2, 0.25) is 0 Å². The van der Waals surface area contributed by atoms with E-state index in [9.17, 15) is 4.79 Å². The number of carbonyl (C=O) groups is 1. The van der Waals surface area contributed by atoms with Gasteiger partial charge in [0.05, 0.1) is 12.7 Å². The molecular formula is C15H25NO2. The molecule has 0 bridgehead atoms. The van der Waals surface area contributed by atoms with Crippen LogP contribution in [0.25, 0.3) is 0 Å². The minimum absolute atomic E-state index is 0.213. The molecule has 0 amide bonds. The van der Waals surface area contributed by atoms with E-state index < -0.39 is 0 Å². The Morgan fingerprint density at radius 2 is 2.11 bits per heavy atom. The van der Waals surface area contributed by atoms with Gasteiger partial charge in [0, 0.05) is 6.42 Å².